The summed E-state index contributed by atoms with van der Waals surface area (Å²) >= 11 is 0. The van der Waals surface area contributed by atoms with Crippen LogP contribution in [0.3, 0.4) is 0 Å². The maximum absolute atomic E-state index is 12.1. The van der Waals surface area contributed by atoms with E-state index < -0.39 is 0 Å². The van der Waals surface area contributed by atoms with Crippen LogP contribution in [0, 0.1) is 0 Å². The van der Waals surface area contributed by atoms with E-state index >= 15 is 0 Å². The summed E-state index contributed by atoms with van der Waals surface area (Å²) in [5.74, 6) is -0.0412. The van der Waals surface area contributed by atoms with Crippen molar-refractivity contribution < 1.29 is 4.79 Å². The molecule has 0 spiro atoms. The largest absolute Gasteiger partial charge is 0.284 e. The average Bonchev–Trinajstić information content (AvgIpc) is 2.58. The molecule has 0 bridgehead atoms. The number of carbonyl (C=O) groups excluding carboxylic acids is 1. The lowest BCUT2D eigenvalue weighted by atomic mass is 10.0. The molecule has 1 N–H and O–H groups in total. The quantitative estimate of drug-likeness (QED) is 0.878. The predicted octanol–water partition coefficient (Wildman–Crippen LogP) is 3.21. The maximum Gasteiger partial charge on any atom is 0.265 e. The van der Waals surface area contributed by atoms with Crippen LogP contribution in [-0.4, -0.2) is 24.0 Å². The maximum atomic E-state index is 12.1. The van der Waals surface area contributed by atoms with Crippen LogP contribution in [0.25, 0.3) is 0 Å². The first kappa shape index (κ1) is 14.5. The molecule has 1 aliphatic heterocycles. The zero-order valence-corrected chi connectivity index (χ0v) is 12.5. The van der Waals surface area contributed by atoms with Crippen molar-refractivity contribution in [2.24, 2.45) is 0 Å². The SMILES string of the molecule is O=C(NN1CC=C(Cc2ccccc2)CC1)c1ccccc1. The number of hydrazine groups is 1. The third-order valence-corrected chi connectivity index (χ3v) is 3.87. The van der Waals surface area contributed by atoms with E-state index in [1.54, 1.807) is 0 Å². The molecular weight excluding hydrogens is 272 g/mol. The molecule has 0 atom stereocenters. The highest BCUT2D eigenvalue weighted by molar-refractivity contribution is 5.93. The molecule has 0 saturated heterocycles. The molecule has 0 saturated carbocycles. The van der Waals surface area contributed by atoms with Gasteiger partial charge in [-0.3, -0.25) is 10.2 Å². The molecule has 3 rings (SSSR count). The topological polar surface area (TPSA) is 32.3 Å². The molecule has 2 aromatic rings. The lowest BCUT2D eigenvalue weighted by Gasteiger charge is -2.26. The lowest BCUT2D eigenvalue weighted by Crippen LogP contribution is -2.44. The third kappa shape index (κ3) is 3.83. The van der Waals surface area contributed by atoms with Gasteiger partial charge in [0.15, 0.2) is 0 Å². The Kier molecular flexibility index (Phi) is 4.66. The zero-order valence-electron chi connectivity index (χ0n) is 12.5. The van der Waals surface area contributed by atoms with E-state index in [0.29, 0.717) is 5.56 Å². The predicted molar refractivity (Wildman–Crippen MR) is 88.3 cm³/mol. The molecule has 112 valence electrons. The molecule has 22 heavy (non-hydrogen) atoms. The van der Waals surface area contributed by atoms with Crippen molar-refractivity contribution in [3.8, 4) is 0 Å². The highest BCUT2D eigenvalue weighted by Crippen LogP contribution is 2.15. The van der Waals surface area contributed by atoms with Crippen LogP contribution in [0.15, 0.2) is 72.3 Å². The molecule has 0 aliphatic carbocycles. The molecule has 3 nitrogen and oxygen atoms in total. The Labute approximate surface area is 131 Å². The van der Waals surface area contributed by atoms with Crippen molar-refractivity contribution in [3.63, 3.8) is 0 Å². The molecule has 0 aromatic heterocycles. The Morgan fingerprint density at radius 1 is 1.00 bits per heavy atom. The van der Waals surface area contributed by atoms with Crippen LogP contribution in [-0.2, 0) is 6.42 Å². The van der Waals surface area contributed by atoms with Crippen molar-refractivity contribution in [1.29, 1.82) is 0 Å². The minimum Gasteiger partial charge on any atom is -0.284 e. The third-order valence-electron chi connectivity index (χ3n) is 3.87. The van der Waals surface area contributed by atoms with Crippen molar-refractivity contribution in [2.75, 3.05) is 13.1 Å². The molecule has 1 heterocycles. The van der Waals surface area contributed by atoms with Gasteiger partial charge < -0.3 is 0 Å². The molecule has 0 fully saturated rings. The molecule has 0 radical (unpaired) electrons. The molecular formula is C19H20N2O. The number of amides is 1. The van der Waals surface area contributed by atoms with Gasteiger partial charge in [0.2, 0.25) is 0 Å². The lowest BCUT2D eigenvalue weighted by molar-refractivity contribution is 0.0801. The van der Waals surface area contributed by atoms with Crippen LogP contribution >= 0.6 is 0 Å². The summed E-state index contributed by atoms with van der Waals surface area (Å²) in [7, 11) is 0. The zero-order chi connectivity index (χ0) is 15.2. The van der Waals surface area contributed by atoms with Crippen LogP contribution in [0.5, 0.6) is 0 Å². The standard InChI is InChI=1S/C19H20N2O/c22-19(18-9-5-2-6-10-18)20-21-13-11-17(12-14-21)15-16-7-3-1-4-8-16/h1-11H,12-15H2,(H,20,22). The fourth-order valence-corrected chi connectivity index (χ4v) is 2.63. The van der Waals surface area contributed by atoms with Gasteiger partial charge >= 0.3 is 0 Å². The fourth-order valence-electron chi connectivity index (χ4n) is 2.63. The van der Waals surface area contributed by atoms with E-state index in [-0.39, 0.29) is 5.91 Å². The second kappa shape index (κ2) is 7.05. The number of hydrogen-bond acceptors (Lipinski definition) is 2. The van der Waals surface area contributed by atoms with Gasteiger partial charge in [-0.05, 0) is 30.5 Å². The van der Waals surface area contributed by atoms with Crippen LogP contribution < -0.4 is 5.43 Å². The number of benzene rings is 2. The monoisotopic (exact) mass is 292 g/mol. The van der Waals surface area contributed by atoms with E-state index in [9.17, 15) is 4.79 Å². The van der Waals surface area contributed by atoms with Gasteiger partial charge in [0, 0.05) is 18.7 Å². The van der Waals surface area contributed by atoms with Gasteiger partial charge in [-0.1, -0.05) is 60.2 Å². The van der Waals surface area contributed by atoms with Crippen molar-refractivity contribution in [1.82, 2.24) is 10.4 Å². The molecule has 1 amide bonds. The van der Waals surface area contributed by atoms with Gasteiger partial charge in [0.1, 0.15) is 0 Å². The fraction of sp³-hybridized carbons (Fsp3) is 0.211. The Hall–Kier alpha value is -2.39. The number of nitrogens with one attached hydrogen (secondary N) is 1. The molecule has 0 unspecified atom stereocenters. The first-order valence-electron chi connectivity index (χ1n) is 7.64. The van der Waals surface area contributed by atoms with Gasteiger partial charge in [0.05, 0.1) is 0 Å². The Morgan fingerprint density at radius 2 is 1.68 bits per heavy atom. The molecule has 3 heteroatoms. The minimum absolute atomic E-state index is 0.0412. The molecule has 1 aliphatic rings. The number of nitrogens with zero attached hydrogens (tertiary/aromatic N) is 1. The highest BCUT2D eigenvalue weighted by atomic mass is 16.2. The Bertz CT molecular complexity index is 650. The Morgan fingerprint density at radius 3 is 2.32 bits per heavy atom. The van der Waals surface area contributed by atoms with Crippen molar-refractivity contribution >= 4 is 5.91 Å². The summed E-state index contributed by atoms with van der Waals surface area (Å²) in [5.41, 5.74) is 6.45. The van der Waals surface area contributed by atoms with Crippen LogP contribution in [0.1, 0.15) is 22.3 Å². The number of rotatable bonds is 4. The van der Waals surface area contributed by atoms with Crippen molar-refractivity contribution in [3.05, 3.63) is 83.4 Å². The summed E-state index contributed by atoms with van der Waals surface area (Å²) in [6.07, 6.45) is 4.22. The summed E-state index contributed by atoms with van der Waals surface area (Å²) in [5, 5.41) is 1.98. The summed E-state index contributed by atoms with van der Waals surface area (Å²) < 4.78 is 0. The second-order valence-corrected chi connectivity index (χ2v) is 5.53. The second-order valence-electron chi connectivity index (χ2n) is 5.53. The smallest absolute Gasteiger partial charge is 0.265 e. The van der Waals surface area contributed by atoms with E-state index in [4.69, 9.17) is 0 Å². The molecule has 2 aromatic carbocycles. The average molecular weight is 292 g/mol. The first-order chi connectivity index (χ1) is 10.8. The number of hydrogen-bond donors (Lipinski definition) is 1. The van der Waals surface area contributed by atoms with Crippen molar-refractivity contribution in [2.45, 2.75) is 12.8 Å². The van der Waals surface area contributed by atoms with Crippen LogP contribution in [0.2, 0.25) is 0 Å². The minimum atomic E-state index is -0.0412. The van der Waals surface area contributed by atoms with E-state index in [2.05, 4.69) is 35.8 Å². The van der Waals surface area contributed by atoms with Gasteiger partial charge in [0.25, 0.3) is 5.91 Å². The number of carbonyl (C=O) groups is 1. The van der Waals surface area contributed by atoms with Gasteiger partial charge in [-0.15, -0.1) is 0 Å². The van der Waals surface area contributed by atoms with E-state index in [1.165, 1.54) is 11.1 Å². The van der Waals surface area contributed by atoms with Crippen LogP contribution in [0.4, 0.5) is 0 Å². The first-order valence-corrected chi connectivity index (χ1v) is 7.64. The Balaban J connectivity index is 1.54. The summed E-state index contributed by atoms with van der Waals surface area (Å²) in [6, 6.07) is 19.8. The summed E-state index contributed by atoms with van der Waals surface area (Å²) in [6.45, 7) is 1.62. The normalized spacial score (nSPS) is 15.2. The van der Waals surface area contributed by atoms with Gasteiger partial charge in [-0.2, -0.15) is 0 Å². The highest BCUT2D eigenvalue weighted by Gasteiger charge is 2.14. The summed E-state index contributed by atoms with van der Waals surface area (Å²) in [4.78, 5) is 12.1. The van der Waals surface area contributed by atoms with E-state index in [0.717, 1.165) is 25.9 Å². The van der Waals surface area contributed by atoms with E-state index in [1.807, 2.05) is 41.4 Å². The van der Waals surface area contributed by atoms with Gasteiger partial charge in [-0.25, -0.2) is 5.01 Å².